The van der Waals surface area contributed by atoms with Crippen molar-refractivity contribution in [1.82, 2.24) is 19.4 Å². The summed E-state index contributed by atoms with van der Waals surface area (Å²) in [5.41, 5.74) is 0.321. The maximum Gasteiger partial charge on any atom is 0.319 e. The van der Waals surface area contributed by atoms with Gasteiger partial charge < -0.3 is 4.90 Å². The number of nitrogens with zero attached hydrogens (tertiary/aromatic N) is 4. The van der Waals surface area contributed by atoms with Crippen LogP contribution in [0.25, 0.3) is 0 Å². The molecule has 0 unspecified atom stereocenters. The molecule has 1 aliphatic heterocycles. The van der Waals surface area contributed by atoms with E-state index >= 15 is 0 Å². The van der Waals surface area contributed by atoms with Crippen LogP contribution in [0, 0.1) is 5.82 Å². The van der Waals surface area contributed by atoms with Crippen molar-refractivity contribution >= 4 is 5.91 Å². The molecule has 2 aromatic rings. The first-order valence-electron chi connectivity index (χ1n) is 8.11. The Kier molecular flexibility index (Phi) is 5.37. The normalized spacial score (nSPS) is 16.2. The molecule has 0 spiro atoms. The number of aromatic nitrogens is 2. The summed E-state index contributed by atoms with van der Waals surface area (Å²) in [6.07, 6.45) is 3.34. The summed E-state index contributed by atoms with van der Waals surface area (Å²) in [7, 11) is 0. The number of imidazole rings is 1. The molecule has 25 heavy (non-hydrogen) atoms. The molecule has 1 aromatic heterocycles. The number of carbonyl (C=O) groups is 1. The monoisotopic (exact) mass is 352 g/mol. The van der Waals surface area contributed by atoms with E-state index in [1.54, 1.807) is 11.0 Å². The van der Waals surface area contributed by atoms with E-state index < -0.39 is 12.4 Å². The van der Waals surface area contributed by atoms with Crippen LogP contribution in [0.3, 0.4) is 0 Å². The van der Waals surface area contributed by atoms with Gasteiger partial charge in [-0.2, -0.15) is 8.78 Å². The molecular formula is C17H19F3N4O. The van der Waals surface area contributed by atoms with Crippen LogP contribution in [0.2, 0.25) is 0 Å². The Hall–Kier alpha value is -2.35. The fourth-order valence-corrected chi connectivity index (χ4v) is 2.98. The maximum atomic E-state index is 13.3. The van der Waals surface area contributed by atoms with Gasteiger partial charge in [-0.25, -0.2) is 9.37 Å². The molecule has 0 atom stereocenters. The standard InChI is InChI=1S/C17H19F3N4O/c18-14-4-1-3-13(11-14)16(25)23-7-2-6-22(9-10-23)12-15-21-5-8-24(15)17(19)20/h1,3-5,8,11,17H,2,6-7,9-10,12H2. The second-order valence-electron chi connectivity index (χ2n) is 5.96. The number of hydrogen-bond donors (Lipinski definition) is 0. The molecule has 0 N–H and O–H groups in total. The minimum Gasteiger partial charge on any atom is -0.337 e. The van der Waals surface area contributed by atoms with Crippen molar-refractivity contribution in [2.24, 2.45) is 0 Å². The molecule has 1 saturated heterocycles. The Morgan fingerprint density at radius 1 is 1.20 bits per heavy atom. The second-order valence-corrected chi connectivity index (χ2v) is 5.96. The molecule has 1 fully saturated rings. The first-order valence-corrected chi connectivity index (χ1v) is 8.11. The van der Waals surface area contributed by atoms with Crippen LogP contribution in [-0.4, -0.2) is 51.4 Å². The smallest absolute Gasteiger partial charge is 0.319 e. The van der Waals surface area contributed by atoms with E-state index in [0.717, 1.165) is 11.0 Å². The summed E-state index contributed by atoms with van der Waals surface area (Å²) in [6.45, 7) is -0.0603. The van der Waals surface area contributed by atoms with E-state index in [1.165, 1.54) is 30.6 Å². The van der Waals surface area contributed by atoms with Gasteiger partial charge in [-0.3, -0.25) is 14.3 Å². The number of benzene rings is 1. The van der Waals surface area contributed by atoms with Gasteiger partial charge in [0.1, 0.15) is 11.6 Å². The average molecular weight is 352 g/mol. The summed E-state index contributed by atoms with van der Waals surface area (Å²) in [5, 5.41) is 0. The number of hydrogen-bond acceptors (Lipinski definition) is 3. The highest BCUT2D eigenvalue weighted by Crippen LogP contribution is 2.16. The van der Waals surface area contributed by atoms with Crippen molar-refractivity contribution in [3.63, 3.8) is 0 Å². The van der Waals surface area contributed by atoms with Crippen molar-refractivity contribution in [1.29, 1.82) is 0 Å². The van der Waals surface area contributed by atoms with E-state index in [-0.39, 0.29) is 5.91 Å². The lowest BCUT2D eigenvalue weighted by atomic mass is 10.2. The van der Waals surface area contributed by atoms with Crippen LogP contribution in [0.1, 0.15) is 29.2 Å². The van der Waals surface area contributed by atoms with Crippen LogP contribution >= 0.6 is 0 Å². The minimum atomic E-state index is -2.62. The number of carbonyl (C=O) groups excluding carboxylic acids is 1. The van der Waals surface area contributed by atoms with Crippen molar-refractivity contribution in [2.45, 2.75) is 19.5 Å². The molecule has 134 valence electrons. The molecule has 8 heteroatoms. The van der Waals surface area contributed by atoms with Gasteiger partial charge in [0.05, 0.1) is 6.54 Å². The Bertz CT molecular complexity index is 734. The molecular weight excluding hydrogens is 333 g/mol. The summed E-state index contributed by atoms with van der Waals surface area (Å²) >= 11 is 0. The van der Waals surface area contributed by atoms with Crippen molar-refractivity contribution in [3.05, 3.63) is 53.9 Å². The molecule has 0 radical (unpaired) electrons. The van der Waals surface area contributed by atoms with Crippen molar-refractivity contribution < 1.29 is 18.0 Å². The van der Waals surface area contributed by atoms with Gasteiger partial charge in [0.25, 0.3) is 5.91 Å². The lowest BCUT2D eigenvalue weighted by molar-refractivity contribution is 0.0639. The number of alkyl halides is 2. The van der Waals surface area contributed by atoms with Crippen LogP contribution in [0.4, 0.5) is 13.2 Å². The van der Waals surface area contributed by atoms with Crippen LogP contribution < -0.4 is 0 Å². The Morgan fingerprint density at radius 3 is 2.80 bits per heavy atom. The summed E-state index contributed by atoms with van der Waals surface area (Å²) in [6, 6.07) is 5.63. The molecule has 1 aromatic carbocycles. The topological polar surface area (TPSA) is 41.4 Å². The minimum absolute atomic E-state index is 0.213. The average Bonchev–Trinajstić information content (AvgIpc) is 2.92. The number of rotatable bonds is 4. The largest absolute Gasteiger partial charge is 0.337 e. The van der Waals surface area contributed by atoms with E-state index in [2.05, 4.69) is 4.98 Å². The highest BCUT2D eigenvalue weighted by Gasteiger charge is 2.22. The zero-order chi connectivity index (χ0) is 17.8. The first kappa shape index (κ1) is 17.5. The van der Waals surface area contributed by atoms with Gasteiger partial charge in [0.15, 0.2) is 0 Å². The fourth-order valence-electron chi connectivity index (χ4n) is 2.98. The van der Waals surface area contributed by atoms with E-state index in [4.69, 9.17) is 0 Å². The van der Waals surface area contributed by atoms with Crippen LogP contribution in [0.15, 0.2) is 36.7 Å². The lowest BCUT2D eigenvalue weighted by Gasteiger charge is -2.22. The first-order chi connectivity index (χ1) is 12.0. The zero-order valence-corrected chi connectivity index (χ0v) is 13.6. The van der Waals surface area contributed by atoms with Gasteiger partial charge in [-0.05, 0) is 24.6 Å². The zero-order valence-electron chi connectivity index (χ0n) is 13.6. The Balaban J connectivity index is 1.62. The summed E-state index contributed by atoms with van der Waals surface area (Å²) in [4.78, 5) is 20.2. The molecule has 0 aliphatic carbocycles. The Labute approximate surface area is 143 Å². The third-order valence-electron chi connectivity index (χ3n) is 4.27. The molecule has 0 bridgehead atoms. The molecule has 1 amide bonds. The van der Waals surface area contributed by atoms with Crippen molar-refractivity contribution in [3.8, 4) is 0 Å². The number of amides is 1. The maximum absolute atomic E-state index is 13.3. The number of halogens is 3. The Morgan fingerprint density at radius 2 is 2.04 bits per heavy atom. The lowest BCUT2D eigenvalue weighted by Crippen LogP contribution is -2.35. The van der Waals surface area contributed by atoms with Gasteiger partial charge >= 0.3 is 6.55 Å². The van der Waals surface area contributed by atoms with E-state index in [9.17, 15) is 18.0 Å². The molecule has 5 nitrogen and oxygen atoms in total. The summed E-state index contributed by atoms with van der Waals surface area (Å²) in [5.74, 6) is -0.350. The van der Waals surface area contributed by atoms with Gasteiger partial charge in [-0.1, -0.05) is 6.07 Å². The third kappa shape index (κ3) is 4.19. The van der Waals surface area contributed by atoms with Crippen LogP contribution in [0.5, 0.6) is 0 Å². The molecule has 3 rings (SSSR count). The molecule has 1 aliphatic rings. The molecule has 2 heterocycles. The SMILES string of the molecule is O=C(c1cccc(F)c1)N1CCCN(Cc2nccn2C(F)F)CC1. The van der Waals surface area contributed by atoms with Gasteiger partial charge in [-0.15, -0.1) is 0 Å². The van der Waals surface area contributed by atoms with E-state index in [1.807, 2.05) is 4.90 Å². The van der Waals surface area contributed by atoms with E-state index in [0.29, 0.717) is 44.1 Å². The van der Waals surface area contributed by atoms with Gasteiger partial charge in [0, 0.05) is 44.1 Å². The summed E-state index contributed by atoms with van der Waals surface area (Å²) < 4.78 is 40.0. The van der Waals surface area contributed by atoms with Crippen molar-refractivity contribution in [2.75, 3.05) is 26.2 Å². The third-order valence-corrected chi connectivity index (χ3v) is 4.27. The highest BCUT2D eigenvalue weighted by molar-refractivity contribution is 5.94. The predicted octanol–water partition coefficient (Wildman–Crippen LogP) is 2.77. The quantitative estimate of drug-likeness (QED) is 0.850. The predicted molar refractivity (Wildman–Crippen MR) is 85.7 cm³/mol. The molecule has 0 saturated carbocycles. The van der Waals surface area contributed by atoms with Crippen LogP contribution in [-0.2, 0) is 6.54 Å². The van der Waals surface area contributed by atoms with Gasteiger partial charge in [0.2, 0.25) is 0 Å². The highest BCUT2D eigenvalue weighted by atomic mass is 19.3. The fraction of sp³-hybridized carbons (Fsp3) is 0.412. The second kappa shape index (κ2) is 7.69.